The Hall–Kier alpha value is -0.770. The van der Waals surface area contributed by atoms with E-state index in [1.54, 1.807) is 0 Å². The Morgan fingerprint density at radius 3 is 2.58 bits per heavy atom. The SMILES string of the molecule is CC(C)NC(=O)N1CCCCC[C@@H]1C1CCNCC1. The van der Waals surface area contributed by atoms with E-state index in [0.717, 1.165) is 26.1 Å². The minimum atomic E-state index is 0.153. The van der Waals surface area contributed by atoms with E-state index in [4.69, 9.17) is 0 Å². The second-order valence-electron chi connectivity index (χ2n) is 6.30. The topological polar surface area (TPSA) is 44.4 Å². The molecule has 2 aliphatic heterocycles. The molecule has 0 unspecified atom stereocenters. The van der Waals surface area contributed by atoms with Crippen molar-refractivity contribution in [3.63, 3.8) is 0 Å². The summed E-state index contributed by atoms with van der Waals surface area (Å²) in [5, 5.41) is 6.51. The van der Waals surface area contributed by atoms with E-state index in [2.05, 4.69) is 15.5 Å². The molecule has 0 aromatic carbocycles. The van der Waals surface area contributed by atoms with E-state index in [1.165, 1.54) is 32.1 Å². The molecule has 0 aromatic heterocycles. The molecule has 110 valence electrons. The molecule has 2 amide bonds. The van der Waals surface area contributed by atoms with E-state index in [-0.39, 0.29) is 12.1 Å². The molecule has 4 heteroatoms. The third-order valence-corrected chi connectivity index (χ3v) is 4.40. The maximum atomic E-state index is 12.4. The summed E-state index contributed by atoms with van der Waals surface area (Å²) in [7, 11) is 0. The number of hydrogen-bond acceptors (Lipinski definition) is 2. The highest BCUT2D eigenvalue weighted by Gasteiger charge is 2.32. The zero-order valence-electron chi connectivity index (χ0n) is 12.5. The summed E-state index contributed by atoms with van der Waals surface area (Å²) in [5.74, 6) is 0.692. The lowest BCUT2D eigenvalue weighted by molar-refractivity contribution is 0.132. The summed E-state index contributed by atoms with van der Waals surface area (Å²) in [6.45, 7) is 7.24. The number of urea groups is 1. The number of nitrogens with zero attached hydrogens (tertiary/aromatic N) is 1. The summed E-state index contributed by atoms with van der Waals surface area (Å²) in [6, 6.07) is 0.841. The molecule has 4 nitrogen and oxygen atoms in total. The van der Waals surface area contributed by atoms with Crippen LogP contribution >= 0.6 is 0 Å². The number of hydrogen-bond donors (Lipinski definition) is 2. The van der Waals surface area contributed by atoms with Crippen molar-refractivity contribution >= 4 is 6.03 Å². The highest BCUT2D eigenvalue weighted by molar-refractivity contribution is 5.74. The quantitative estimate of drug-likeness (QED) is 0.806. The molecular weight excluding hydrogens is 238 g/mol. The highest BCUT2D eigenvalue weighted by atomic mass is 16.2. The molecule has 0 aromatic rings. The Morgan fingerprint density at radius 1 is 1.16 bits per heavy atom. The predicted molar refractivity (Wildman–Crippen MR) is 78.2 cm³/mol. The molecule has 2 fully saturated rings. The minimum Gasteiger partial charge on any atom is -0.336 e. The van der Waals surface area contributed by atoms with E-state index in [1.807, 2.05) is 13.8 Å². The number of nitrogens with one attached hydrogen (secondary N) is 2. The smallest absolute Gasteiger partial charge is 0.317 e. The lowest BCUT2D eigenvalue weighted by atomic mass is 9.87. The standard InChI is InChI=1S/C15H29N3O/c1-12(2)17-15(19)18-11-5-3-4-6-14(18)13-7-9-16-10-8-13/h12-14,16H,3-11H2,1-2H3,(H,17,19)/t14-/m1/s1. The molecule has 2 N–H and O–H groups in total. The van der Waals surface area contributed by atoms with Gasteiger partial charge >= 0.3 is 6.03 Å². The van der Waals surface area contributed by atoms with Crippen molar-refractivity contribution in [3.8, 4) is 0 Å². The van der Waals surface area contributed by atoms with Gasteiger partial charge in [-0.05, 0) is 58.5 Å². The van der Waals surface area contributed by atoms with Crippen molar-refractivity contribution in [3.05, 3.63) is 0 Å². The van der Waals surface area contributed by atoms with E-state index in [0.29, 0.717) is 12.0 Å². The van der Waals surface area contributed by atoms with Crippen LogP contribution < -0.4 is 10.6 Å². The van der Waals surface area contributed by atoms with Gasteiger partial charge in [-0.3, -0.25) is 0 Å². The van der Waals surface area contributed by atoms with Gasteiger partial charge in [0, 0.05) is 18.6 Å². The van der Waals surface area contributed by atoms with Gasteiger partial charge in [-0.25, -0.2) is 4.79 Å². The van der Waals surface area contributed by atoms with Gasteiger partial charge in [-0.15, -0.1) is 0 Å². The number of carbonyl (C=O) groups is 1. The summed E-state index contributed by atoms with van der Waals surface area (Å²) in [6.07, 6.45) is 7.34. The van der Waals surface area contributed by atoms with Gasteiger partial charge in [0.05, 0.1) is 0 Å². The molecule has 0 spiro atoms. The summed E-state index contributed by atoms with van der Waals surface area (Å²) >= 11 is 0. The Bertz CT molecular complexity index is 287. The molecular formula is C15H29N3O. The molecule has 0 radical (unpaired) electrons. The van der Waals surface area contributed by atoms with Gasteiger partial charge in [-0.2, -0.15) is 0 Å². The summed E-state index contributed by atoms with van der Waals surface area (Å²) in [4.78, 5) is 14.6. The van der Waals surface area contributed by atoms with Crippen molar-refractivity contribution < 1.29 is 4.79 Å². The molecule has 1 atom stereocenters. The molecule has 0 bridgehead atoms. The third kappa shape index (κ3) is 4.10. The third-order valence-electron chi connectivity index (χ3n) is 4.40. The number of amides is 2. The van der Waals surface area contributed by atoms with Gasteiger partial charge < -0.3 is 15.5 Å². The van der Waals surface area contributed by atoms with Crippen LogP contribution in [0.1, 0.15) is 52.4 Å². The van der Waals surface area contributed by atoms with Crippen LogP contribution in [0.25, 0.3) is 0 Å². The summed E-state index contributed by atoms with van der Waals surface area (Å²) < 4.78 is 0. The Labute approximate surface area is 117 Å². The molecule has 0 aliphatic carbocycles. The fourth-order valence-corrected chi connectivity index (χ4v) is 3.44. The Morgan fingerprint density at radius 2 is 1.89 bits per heavy atom. The van der Waals surface area contributed by atoms with Crippen molar-refractivity contribution in [1.29, 1.82) is 0 Å². The van der Waals surface area contributed by atoms with E-state index < -0.39 is 0 Å². The second kappa shape index (κ2) is 7.13. The Balaban J connectivity index is 2.03. The highest BCUT2D eigenvalue weighted by Crippen LogP contribution is 2.28. The van der Waals surface area contributed by atoms with Crippen molar-refractivity contribution in [1.82, 2.24) is 15.5 Å². The maximum Gasteiger partial charge on any atom is 0.317 e. The first kappa shape index (κ1) is 14.6. The number of piperidine rings is 1. The fraction of sp³-hybridized carbons (Fsp3) is 0.933. The fourth-order valence-electron chi connectivity index (χ4n) is 3.44. The zero-order chi connectivity index (χ0) is 13.7. The number of carbonyl (C=O) groups excluding carboxylic acids is 1. The average Bonchev–Trinajstić information content (AvgIpc) is 2.64. The maximum absolute atomic E-state index is 12.4. The molecule has 2 aliphatic rings. The van der Waals surface area contributed by atoms with E-state index in [9.17, 15) is 4.79 Å². The molecule has 2 heterocycles. The molecule has 2 saturated heterocycles. The van der Waals surface area contributed by atoms with Crippen LogP contribution in [0.3, 0.4) is 0 Å². The van der Waals surface area contributed by atoms with Gasteiger partial charge in [-0.1, -0.05) is 12.8 Å². The van der Waals surface area contributed by atoms with E-state index >= 15 is 0 Å². The first-order valence-corrected chi connectivity index (χ1v) is 7.96. The van der Waals surface area contributed by atoms with Crippen molar-refractivity contribution in [2.75, 3.05) is 19.6 Å². The zero-order valence-corrected chi connectivity index (χ0v) is 12.5. The molecule has 2 rings (SSSR count). The second-order valence-corrected chi connectivity index (χ2v) is 6.30. The molecule has 19 heavy (non-hydrogen) atoms. The van der Waals surface area contributed by atoms with Crippen LogP contribution in [-0.2, 0) is 0 Å². The van der Waals surface area contributed by atoms with Crippen LogP contribution in [0.5, 0.6) is 0 Å². The van der Waals surface area contributed by atoms with Gasteiger partial charge in [0.2, 0.25) is 0 Å². The first-order valence-electron chi connectivity index (χ1n) is 7.96. The van der Waals surface area contributed by atoms with Crippen LogP contribution in [0, 0.1) is 5.92 Å². The van der Waals surface area contributed by atoms with Gasteiger partial charge in [0.25, 0.3) is 0 Å². The first-order chi connectivity index (χ1) is 9.18. The summed E-state index contributed by atoms with van der Waals surface area (Å²) in [5.41, 5.74) is 0. The van der Waals surface area contributed by atoms with Gasteiger partial charge in [0.15, 0.2) is 0 Å². The monoisotopic (exact) mass is 267 g/mol. The lowest BCUT2D eigenvalue weighted by Crippen LogP contribution is -2.51. The molecule has 0 saturated carbocycles. The average molecular weight is 267 g/mol. The minimum absolute atomic E-state index is 0.153. The number of rotatable bonds is 2. The predicted octanol–water partition coefficient (Wildman–Crippen LogP) is 2.35. The van der Waals surface area contributed by atoms with Crippen LogP contribution in [-0.4, -0.2) is 42.6 Å². The van der Waals surface area contributed by atoms with Crippen molar-refractivity contribution in [2.45, 2.75) is 64.5 Å². The van der Waals surface area contributed by atoms with Gasteiger partial charge in [0.1, 0.15) is 0 Å². The normalized spacial score (nSPS) is 26.3. The Kier molecular flexibility index (Phi) is 5.49. The van der Waals surface area contributed by atoms with Crippen LogP contribution in [0.15, 0.2) is 0 Å². The van der Waals surface area contributed by atoms with Crippen LogP contribution in [0.4, 0.5) is 4.79 Å². The number of likely N-dealkylation sites (tertiary alicyclic amines) is 1. The largest absolute Gasteiger partial charge is 0.336 e. The lowest BCUT2D eigenvalue weighted by Gasteiger charge is -2.38. The van der Waals surface area contributed by atoms with Crippen LogP contribution in [0.2, 0.25) is 0 Å². The van der Waals surface area contributed by atoms with Crippen molar-refractivity contribution in [2.24, 2.45) is 5.92 Å².